The first-order chi connectivity index (χ1) is 11.2. The van der Waals surface area contributed by atoms with Crippen molar-refractivity contribution in [2.24, 2.45) is 10.2 Å². The number of carbonyl (C=O) groups excluding carboxylic acids is 1. The largest absolute Gasteiger partial charge is 0.506 e. The summed E-state index contributed by atoms with van der Waals surface area (Å²) in [4.78, 5) is 11.8. The van der Waals surface area contributed by atoms with Crippen LogP contribution in [0.2, 0.25) is 0 Å². The third kappa shape index (κ3) is 2.89. The number of aromatic amines is 1. The van der Waals surface area contributed by atoms with Gasteiger partial charge in [-0.05, 0) is 18.4 Å². The molecule has 0 saturated heterocycles. The normalized spacial score (nSPS) is 11.2. The standard InChI is InChI=1S/C16H14N4O3/c1-2-23-16(22)12-9-17-19-15(12)20-18-14-11-6-4-3-5-10(11)7-8-13(14)21/h3-9,21H,2H2,1H3,(H,17,19). The lowest BCUT2D eigenvalue weighted by molar-refractivity contribution is 0.0527. The highest BCUT2D eigenvalue weighted by Crippen LogP contribution is 2.36. The molecular weight excluding hydrogens is 296 g/mol. The number of rotatable bonds is 4. The molecule has 0 aliphatic rings. The minimum Gasteiger partial charge on any atom is -0.506 e. The zero-order chi connectivity index (χ0) is 16.2. The Bertz CT molecular complexity index is 886. The Morgan fingerprint density at radius 3 is 2.91 bits per heavy atom. The molecule has 0 fully saturated rings. The summed E-state index contributed by atoms with van der Waals surface area (Å²) in [6.45, 7) is 1.97. The molecule has 0 aliphatic carbocycles. The molecule has 116 valence electrons. The maximum absolute atomic E-state index is 11.8. The van der Waals surface area contributed by atoms with Gasteiger partial charge in [-0.25, -0.2) is 4.79 Å². The number of azo groups is 1. The zero-order valence-electron chi connectivity index (χ0n) is 12.4. The van der Waals surface area contributed by atoms with Gasteiger partial charge in [0.15, 0.2) is 5.82 Å². The van der Waals surface area contributed by atoms with E-state index in [9.17, 15) is 9.90 Å². The van der Waals surface area contributed by atoms with Crippen LogP contribution in [0.4, 0.5) is 11.5 Å². The lowest BCUT2D eigenvalue weighted by Crippen LogP contribution is -2.03. The molecule has 0 saturated carbocycles. The van der Waals surface area contributed by atoms with Gasteiger partial charge >= 0.3 is 5.97 Å². The Kier molecular flexibility index (Phi) is 4.01. The molecule has 3 rings (SSSR count). The predicted molar refractivity (Wildman–Crippen MR) is 84.3 cm³/mol. The molecule has 1 aromatic heterocycles. The molecule has 0 spiro atoms. The van der Waals surface area contributed by atoms with E-state index < -0.39 is 5.97 Å². The maximum Gasteiger partial charge on any atom is 0.343 e. The van der Waals surface area contributed by atoms with Gasteiger partial charge in [0.05, 0.1) is 12.8 Å². The quantitative estimate of drug-likeness (QED) is 0.564. The SMILES string of the molecule is CCOC(=O)c1cn[nH]c1N=Nc1c(O)ccc2ccccc12. The molecule has 1 heterocycles. The fraction of sp³-hybridized carbons (Fsp3) is 0.125. The Morgan fingerprint density at radius 2 is 2.09 bits per heavy atom. The molecule has 0 amide bonds. The fourth-order valence-corrected chi connectivity index (χ4v) is 2.16. The van der Waals surface area contributed by atoms with Crippen LogP contribution in [0, 0.1) is 0 Å². The number of H-pyrrole nitrogens is 1. The number of nitrogens with one attached hydrogen (secondary N) is 1. The number of phenols is 1. The second kappa shape index (κ2) is 6.27. The lowest BCUT2D eigenvalue weighted by atomic mass is 10.1. The monoisotopic (exact) mass is 310 g/mol. The lowest BCUT2D eigenvalue weighted by Gasteiger charge is -2.03. The number of aromatic nitrogens is 2. The minimum atomic E-state index is -0.530. The van der Waals surface area contributed by atoms with Crippen molar-refractivity contribution in [1.82, 2.24) is 10.2 Å². The Labute approximate surface area is 131 Å². The number of phenolic OH excluding ortho intramolecular Hbond substituents is 1. The van der Waals surface area contributed by atoms with Crippen LogP contribution in [-0.2, 0) is 4.74 Å². The molecule has 23 heavy (non-hydrogen) atoms. The van der Waals surface area contributed by atoms with Gasteiger partial charge in [-0.15, -0.1) is 10.2 Å². The van der Waals surface area contributed by atoms with Crippen molar-refractivity contribution in [1.29, 1.82) is 0 Å². The molecule has 0 atom stereocenters. The number of hydrogen-bond acceptors (Lipinski definition) is 6. The van der Waals surface area contributed by atoms with E-state index in [0.717, 1.165) is 10.8 Å². The van der Waals surface area contributed by atoms with Crippen LogP contribution in [0.3, 0.4) is 0 Å². The summed E-state index contributed by atoms with van der Waals surface area (Å²) in [6.07, 6.45) is 1.33. The smallest absolute Gasteiger partial charge is 0.343 e. The molecule has 0 bridgehead atoms. The number of fused-ring (bicyclic) bond motifs is 1. The first-order valence-corrected chi connectivity index (χ1v) is 7.03. The summed E-state index contributed by atoms with van der Waals surface area (Å²) < 4.78 is 4.92. The van der Waals surface area contributed by atoms with Crippen LogP contribution < -0.4 is 0 Å². The van der Waals surface area contributed by atoms with Gasteiger partial charge in [0.2, 0.25) is 0 Å². The van der Waals surface area contributed by atoms with Crippen molar-refractivity contribution in [2.75, 3.05) is 6.61 Å². The number of aromatic hydroxyl groups is 1. The van der Waals surface area contributed by atoms with Crippen LogP contribution in [0.15, 0.2) is 52.8 Å². The number of nitrogens with zero attached hydrogens (tertiary/aromatic N) is 3. The van der Waals surface area contributed by atoms with Gasteiger partial charge in [0.1, 0.15) is 17.0 Å². The van der Waals surface area contributed by atoms with Crippen molar-refractivity contribution in [3.8, 4) is 5.75 Å². The summed E-state index contributed by atoms with van der Waals surface area (Å²) in [5.74, 6) is -0.349. The van der Waals surface area contributed by atoms with E-state index in [1.165, 1.54) is 6.20 Å². The van der Waals surface area contributed by atoms with Crippen LogP contribution in [0.25, 0.3) is 10.8 Å². The molecule has 0 radical (unpaired) electrons. The Hall–Kier alpha value is -3.22. The van der Waals surface area contributed by atoms with Gasteiger partial charge in [-0.2, -0.15) is 5.10 Å². The summed E-state index contributed by atoms with van der Waals surface area (Å²) in [6, 6.07) is 10.8. The van der Waals surface area contributed by atoms with Crippen LogP contribution in [0.5, 0.6) is 5.75 Å². The molecule has 2 aromatic carbocycles. The van der Waals surface area contributed by atoms with Crippen LogP contribution >= 0.6 is 0 Å². The van der Waals surface area contributed by atoms with Gasteiger partial charge in [0, 0.05) is 5.39 Å². The van der Waals surface area contributed by atoms with E-state index in [-0.39, 0.29) is 23.7 Å². The van der Waals surface area contributed by atoms with Gasteiger partial charge < -0.3 is 9.84 Å². The number of hydrogen-bond donors (Lipinski definition) is 2. The first kappa shape index (κ1) is 14.7. The van der Waals surface area contributed by atoms with E-state index in [1.807, 2.05) is 24.3 Å². The number of ether oxygens (including phenoxy) is 1. The third-order valence-electron chi connectivity index (χ3n) is 3.24. The van der Waals surface area contributed by atoms with Gasteiger partial charge in [-0.3, -0.25) is 5.10 Å². The predicted octanol–water partition coefficient (Wildman–Crippen LogP) is 3.86. The number of carbonyl (C=O) groups is 1. The maximum atomic E-state index is 11.8. The Morgan fingerprint density at radius 1 is 1.26 bits per heavy atom. The van der Waals surface area contributed by atoms with E-state index >= 15 is 0 Å². The van der Waals surface area contributed by atoms with Crippen molar-refractivity contribution < 1.29 is 14.6 Å². The Balaban J connectivity index is 2.00. The average molecular weight is 310 g/mol. The molecule has 7 nitrogen and oxygen atoms in total. The average Bonchev–Trinajstić information content (AvgIpc) is 3.03. The van der Waals surface area contributed by atoms with E-state index in [2.05, 4.69) is 20.4 Å². The molecule has 0 aliphatic heterocycles. The fourth-order valence-electron chi connectivity index (χ4n) is 2.16. The highest BCUT2D eigenvalue weighted by molar-refractivity contribution is 5.95. The van der Waals surface area contributed by atoms with E-state index in [4.69, 9.17) is 4.74 Å². The molecule has 2 N–H and O–H groups in total. The second-order valence-corrected chi connectivity index (χ2v) is 4.71. The summed E-state index contributed by atoms with van der Waals surface area (Å²) >= 11 is 0. The van der Waals surface area contributed by atoms with Crippen molar-refractivity contribution in [2.45, 2.75) is 6.92 Å². The summed E-state index contributed by atoms with van der Waals surface area (Å²) in [5, 5.41) is 26.2. The minimum absolute atomic E-state index is 0.00431. The number of benzene rings is 2. The highest BCUT2D eigenvalue weighted by Gasteiger charge is 2.15. The first-order valence-electron chi connectivity index (χ1n) is 7.03. The van der Waals surface area contributed by atoms with Crippen LogP contribution in [0.1, 0.15) is 17.3 Å². The van der Waals surface area contributed by atoms with Crippen molar-refractivity contribution >= 4 is 28.2 Å². The molecule has 0 unspecified atom stereocenters. The van der Waals surface area contributed by atoms with Gasteiger partial charge in [-0.1, -0.05) is 30.3 Å². The van der Waals surface area contributed by atoms with Gasteiger partial charge in [0.25, 0.3) is 0 Å². The molecule has 7 heteroatoms. The highest BCUT2D eigenvalue weighted by atomic mass is 16.5. The second-order valence-electron chi connectivity index (χ2n) is 4.71. The molecule has 3 aromatic rings. The van der Waals surface area contributed by atoms with Crippen molar-refractivity contribution in [3.63, 3.8) is 0 Å². The zero-order valence-corrected chi connectivity index (χ0v) is 12.4. The number of esters is 1. The third-order valence-corrected chi connectivity index (χ3v) is 3.24. The topological polar surface area (TPSA) is 99.9 Å². The summed E-state index contributed by atoms with van der Waals surface area (Å²) in [7, 11) is 0. The molecular formula is C16H14N4O3. The van der Waals surface area contributed by atoms with Crippen LogP contribution in [-0.4, -0.2) is 27.9 Å². The van der Waals surface area contributed by atoms with E-state index in [0.29, 0.717) is 5.69 Å². The summed E-state index contributed by atoms with van der Waals surface area (Å²) in [5.41, 5.74) is 0.517. The van der Waals surface area contributed by atoms with Crippen molar-refractivity contribution in [3.05, 3.63) is 48.2 Å². The van der Waals surface area contributed by atoms with E-state index in [1.54, 1.807) is 19.1 Å².